The van der Waals surface area contributed by atoms with Gasteiger partial charge in [-0.1, -0.05) is 12.1 Å². The first-order chi connectivity index (χ1) is 15.4. The minimum Gasteiger partial charge on any atom is -0.507 e. The SMILES string of the molecule is CCOc1cccc(C2/C(=C(\O)c3ccc(OCC)c(C)c3)C(=O)C(=O)N2CCOC)c1. The predicted octanol–water partition coefficient (Wildman–Crippen LogP) is 3.86. The lowest BCUT2D eigenvalue weighted by atomic mass is 9.94. The lowest BCUT2D eigenvalue weighted by Gasteiger charge is -2.25. The number of hydrogen-bond acceptors (Lipinski definition) is 6. The Hall–Kier alpha value is -3.32. The molecule has 0 aliphatic carbocycles. The number of aliphatic hydroxyl groups is 1. The van der Waals surface area contributed by atoms with Crippen LogP contribution in [0.3, 0.4) is 0 Å². The molecule has 0 aromatic heterocycles. The molecule has 1 fully saturated rings. The number of nitrogens with zero attached hydrogens (tertiary/aromatic N) is 1. The summed E-state index contributed by atoms with van der Waals surface area (Å²) >= 11 is 0. The minimum atomic E-state index is -0.752. The molecule has 1 aliphatic heterocycles. The minimum absolute atomic E-state index is 0.0447. The summed E-state index contributed by atoms with van der Waals surface area (Å²) in [5.41, 5.74) is 1.99. The maximum atomic E-state index is 13.0. The maximum Gasteiger partial charge on any atom is 0.295 e. The largest absolute Gasteiger partial charge is 0.507 e. The summed E-state index contributed by atoms with van der Waals surface area (Å²) in [5.74, 6) is -0.291. The van der Waals surface area contributed by atoms with Crippen LogP contribution in [0.2, 0.25) is 0 Å². The molecule has 3 rings (SSSR count). The number of carbonyl (C=O) groups is 2. The molecule has 1 saturated heterocycles. The number of likely N-dealkylation sites (tertiary alicyclic amines) is 1. The van der Waals surface area contributed by atoms with E-state index in [1.54, 1.807) is 30.3 Å². The summed E-state index contributed by atoms with van der Waals surface area (Å²) in [5, 5.41) is 11.2. The summed E-state index contributed by atoms with van der Waals surface area (Å²) in [6.45, 7) is 7.12. The van der Waals surface area contributed by atoms with Gasteiger partial charge in [0.2, 0.25) is 0 Å². The Kier molecular flexibility index (Phi) is 7.53. The average Bonchev–Trinajstić information content (AvgIpc) is 3.04. The maximum absolute atomic E-state index is 13.0. The first-order valence-corrected chi connectivity index (χ1v) is 10.7. The summed E-state index contributed by atoms with van der Waals surface area (Å²) in [6.07, 6.45) is 0. The first kappa shape index (κ1) is 23.3. The molecule has 1 unspecified atom stereocenters. The third-order valence-electron chi connectivity index (χ3n) is 5.31. The zero-order chi connectivity index (χ0) is 23.3. The van der Waals surface area contributed by atoms with Gasteiger partial charge in [-0.25, -0.2) is 0 Å². The van der Waals surface area contributed by atoms with Gasteiger partial charge in [0.1, 0.15) is 17.3 Å². The van der Waals surface area contributed by atoms with Crippen molar-refractivity contribution in [3.05, 3.63) is 64.7 Å². The van der Waals surface area contributed by atoms with E-state index in [1.165, 1.54) is 12.0 Å². The Labute approximate surface area is 188 Å². The average molecular weight is 440 g/mol. The van der Waals surface area contributed by atoms with Crippen LogP contribution in [0.15, 0.2) is 48.0 Å². The van der Waals surface area contributed by atoms with Crippen molar-refractivity contribution in [2.45, 2.75) is 26.8 Å². The third-order valence-corrected chi connectivity index (χ3v) is 5.31. The molecule has 170 valence electrons. The van der Waals surface area contributed by atoms with Crippen molar-refractivity contribution in [2.75, 3.05) is 33.5 Å². The van der Waals surface area contributed by atoms with Crippen LogP contribution in [0.5, 0.6) is 11.5 Å². The van der Waals surface area contributed by atoms with E-state index in [-0.39, 0.29) is 24.5 Å². The van der Waals surface area contributed by atoms with Gasteiger partial charge in [-0.15, -0.1) is 0 Å². The molecule has 32 heavy (non-hydrogen) atoms. The van der Waals surface area contributed by atoms with Gasteiger partial charge >= 0.3 is 0 Å². The Balaban J connectivity index is 2.14. The molecule has 7 heteroatoms. The number of carbonyl (C=O) groups excluding carboxylic acids is 2. The second-order valence-electron chi connectivity index (χ2n) is 7.40. The van der Waals surface area contributed by atoms with Crippen LogP contribution in [0.25, 0.3) is 5.76 Å². The normalized spacial score (nSPS) is 17.6. The molecule has 0 saturated carbocycles. The molecule has 0 radical (unpaired) electrons. The number of methoxy groups -OCH3 is 1. The van der Waals surface area contributed by atoms with Crippen molar-refractivity contribution >= 4 is 17.4 Å². The molecule has 1 atom stereocenters. The fraction of sp³-hybridized carbons (Fsp3) is 0.360. The summed E-state index contributed by atoms with van der Waals surface area (Å²) in [7, 11) is 1.53. The number of Topliss-reactive ketones (excluding diaryl/α,β-unsaturated/α-hetero) is 1. The van der Waals surface area contributed by atoms with Crippen molar-refractivity contribution in [3.63, 3.8) is 0 Å². The topological polar surface area (TPSA) is 85.3 Å². The van der Waals surface area contributed by atoms with Crippen molar-refractivity contribution in [2.24, 2.45) is 0 Å². The van der Waals surface area contributed by atoms with Gasteiger partial charge in [0, 0.05) is 19.2 Å². The van der Waals surface area contributed by atoms with Gasteiger partial charge in [-0.3, -0.25) is 9.59 Å². The zero-order valence-corrected chi connectivity index (χ0v) is 18.9. The molecule has 2 aromatic rings. The number of ketones is 1. The second-order valence-corrected chi connectivity index (χ2v) is 7.40. The van der Waals surface area contributed by atoms with E-state index < -0.39 is 17.7 Å². The van der Waals surface area contributed by atoms with E-state index in [9.17, 15) is 14.7 Å². The van der Waals surface area contributed by atoms with Crippen molar-refractivity contribution in [3.8, 4) is 11.5 Å². The molecule has 7 nitrogen and oxygen atoms in total. The van der Waals surface area contributed by atoms with Crippen LogP contribution in [0.1, 0.15) is 36.6 Å². The van der Waals surface area contributed by atoms with Gasteiger partial charge in [0.25, 0.3) is 11.7 Å². The highest BCUT2D eigenvalue weighted by molar-refractivity contribution is 6.46. The van der Waals surface area contributed by atoms with E-state index in [2.05, 4.69) is 0 Å². The van der Waals surface area contributed by atoms with Crippen LogP contribution < -0.4 is 9.47 Å². The zero-order valence-electron chi connectivity index (χ0n) is 18.9. The lowest BCUT2D eigenvalue weighted by molar-refractivity contribution is -0.140. The molecular weight excluding hydrogens is 410 g/mol. The number of benzene rings is 2. The highest BCUT2D eigenvalue weighted by Crippen LogP contribution is 2.40. The van der Waals surface area contributed by atoms with Crippen LogP contribution in [-0.2, 0) is 14.3 Å². The predicted molar refractivity (Wildman–Crippen MR) is 121 cm³/mol. The smallest absolute Gasteiger partial charge is 0.295 e. The van der Waals surface area contributed by atoms with Crippen LogP contribution in [-0.4, -0.2) is 55.2 Å². The molecule has 1 aliphatic rings. The van der Waals surface area contributed by atoms with E-state index in [1.807, 2.05) is 32.9 Å². The summed E-state index contributed by atoms with van der Waals surface area (Å²) < 4.78 is 16.3. The van der Waals surface area contributed by atoms with Crippen LogP contribution in [0, 0.1) is 6.92 Å². The van der Waals surface area contributed by atoms with Crippen LogP contribution >= 0.6 is 0 Å². The molecule has 0 bridgehead atoms. The highest BCUT2D eigenvalue weighted by Gasteiger charge is 2.46. The Morgan fingerprint density at radius 2 is 1.81 bits per heavy atom. The fourth-order valence-electron chi connectivity index (χ4n) is 3.86. The molecule has 0 spiro atoms. The Morgan fingerprint density at radius 3 is 2.47 bits per heavy atom. The van der Waals surface area contributed by atoms with E-state index in [0.29, 0.717) is 35.8 Å². The monoisotopic (exact) mass is 439 g/mol. The standard InChI is InChI=1S/C25H29NO6/c1-5-31-19-9-7-8-17(15-19)22-21(24(28)25(29)26(22)12-13-30-4)23(27)18-10-11-20(32-6-2)16(3)14-18/h7-11,14-15,22,27H,5-6,12-13H2,1-4H3/b23-21+. The van der Waals surface area contributed by atoms with Crippen molar-refractivity contribution in [1.82, 2.24) is 4.90 Å². The fourth-order valence-corrected chi connectivity index (χ4v) is 3.86. The molecular formula is C25H29NO6. The Bertz CT molecular complexity index is 1030. The quantitative estimate of drug-likeness (QED) is 0.363. The molecule has 1 heterocycles. The molecule has 2 aromatic carbocycles. The van der Waals surface area contributed by atoms with Crippen LogP contribution in [0.4, 0.5) is 0 Å². The van der Waals surface area contributed by atoms with Gasteiger partial charge in [0.15, 0.2) is 0 Å². The Morgan fingerprint density at radius 1 is 1.06 bits per heavy atom. The van der Waals surface area contributed by atoms with Gasteiger partial charge in [-0.2, -0.15) is 0 Å². The van der Waals surface area contributed by atoms with Crippen molar-refractivity contribution in [1.29, 1.82) is 0 Å². The number of hydrogen-bond donors (Lipinski definition) is 1. The van der Waals surface area contributed by atoms with E-state index in [0.717, 1.165) is 5.56 Å². The van der Waals surface area contributed by atoms with Gasteiger partial charge in [-0.05, 0) is 62.2 Å². The number of aryl methyl sites for hydroxylation is 1. The van der Waals surface area contributed by atoms with Gasteiger partial charge < -0.3 is 24.2 Å². The highest BCUT2D eigenvalue weighted by atomic mass is 16.5. The van der Waals surface area contributed by atoms with Gasteiger partial charge in [0.05, 0.1) is 31.4 Å². The third kappa shape index (κ3) is 4.62. The summed E-state index contributed by atoms with van der Waals surface area (Å²) in [6, 6.07) is 11.6. The van der Waals surface area contributed by atoms with E-state index in [4.69, 9.17) is 14.2 Å². The first-order valence-electron chi connectivity index (χ1n) is 10.7. The summed E-state index contributed by atoms with van der Waals surface area (Å²) in [4.78, 5) is 27.4. The number of aliphatic hydroxyl groups excluding tert-OH is 1. The molecule has 1 amide bonds. The van der Waals surface area contributed by atoms with E-state index >= 15 is 0 Å². The number of ether oxygens (including phenoxy) is 3. The lowest BCUT2D eigenvalue weighted by Crippen LogP contribution is -2.32. The number of amides is 1. The van der Waals surface area contributed by atoms with Crippen molar-refractivity contribution < 1.29 is 28.9 Å². The number of rotatable bonds is 9. The molecule has 1 N–H and O–H groups in total. The second kappa shape index (κ2) is 10.3.